The topological polar surface area (TPSA) is 86.8 Å². The SMILES string of the molecule is Cc1ccc(S(=O)(=O)N(CC(=O)N(Cc2cccc(Cl)c2)[C@H](Cc2ccccc2)C(=O)NCC(C)C)c2ccc(C)c(C)c2)cc1. The van der Waals surface area contributed by atoms with Gasteiger partial charge in [0.1, 0.15) is 12.6 Å². The highest BCUT2D eigenvalue weighted by Gasteiger charge is 2.34. The molecular formula is C37H42ClN3O4S. The molecule has 0 aliphatic carbocycles. The Kier molecular flexibility index (Phi) is 11.7. The number of carbonyl (C=O) groups is 2. The van der Waals surface area contributed by atoms with Crippen molar-refractivity contribution in [2.75, 3.05) is 17.4 Å². The fourth-order valence-electron chi connectivity index (χ4n) is 5.06. The Morgan fingerprint density at radius 2 is 1.48 bits per heavy atom. The Bertz CT molecular complexity index is 1760. The molecule has 0 aliphatic rings. The van der Waals surface area contributed by atoms with E-state index in [0.29, 0.717) is 17.3 Å². The lowest BCUT2D eigenvalue weighted by Crippen LogP contribution is -2.53. The monoisotopic (exact) mass is 659 g/mol. The summed E-state index contributed by atoms with van der Waals surface area (Å²) in [5.41, 5.74) is 4.75. The molecular weight excluding hydrogens is 618 g/mol. The first kappa shape index (κ1) is 34.7. The number of halogens is 1. The van der Waals surface area contributed by atoms with E-state index in [4.69, 9.17) is 11.6 Å². The molecule has 0 bridgehead atoms. The van der Waals surface area contributed by atoms with E-state index in [1.165, 1.54) is 4.90 Å². The summed E-state index contributed by atoms with van der Waals surface area (Å²) in [7, 11) is -4.17. The van der Waals surface area contributed by atoms with Crippen molar-refractivity contribution >= 4 is 39.1 Å². The zero-order valence-corrected chi connectivity index (χ0v) is 28.6. The van der Waals surface area contributed by atoms with E-state index in [2.05, 4.69) is 5.32 Å². The summed E-state index contributed by atoms with van der Waals surface area (Å²) < 4.78 is 29.6. The number of benzene rings is 4. The molecule has 4 aromatic rings. The molecule has 1 atom stereocenters. The van der Waals surface area contributed by atoms with Crippen LogP contribution in [0.4, 0.5) is 5.69 Å². The molecule has 2 amide bonds. The van der Waals surface area contributed by atoms with Crippen LogP contribution in [0.25, 0.3) is 0 Å². The number of amides is 2. The fraction of sp³-hybridized carbons (Fsp3) is 0.297. The van der Waals surface area contributed by atoms with Gasteiger partial charge in [-0.1, -0.05) is 91.7 Å². The third-order valence-electron chi connectivity index (χ3n) is 7.86. The summed E-state index contributed by atoms with van der Waals surface area (Å²) in [5, 5.41) is 3.50. The van der Waals surface area contributed by atoms with Gasteiger partial charge in [0, 0.05) is 24.5 Å². The Labute approximate surface area is 278 Å². The Morgan fingerprint density at radius 1 is 0.804 bits per heavy atom. The standard InChI is InChI=1S/C37H42ClN3O4S/c1-26(2)23-39-37(43)35(22-30-10-7-6-8-11-30)40(24-31-12-9-13-32(38)21-31)36(42)25-41(33-17-16-28(4)29(5)20-33)46(44,45)34-18-14-27(3)15-19-34/h6-21,26,35H,22-25H2,1-5H3,(H,39,43)/t35-/m1/s1. The van der Waals surface area contributed by atoms with Crippen molar-refractivity contribution < 1.29 is 18.0 Å². The molecule has 0 fully saturated rings. The van der Waals surface area contributed by atoms with Crippen LogP contribution in [0, 0.1) is 26.7 Å². The van der Waals surface area contributed by atoms with Crippen LogP contribution in [0.3, 0.4) is 0 Å². The van der Waals surface area contributed by atoms with E-state index in [0.717, 1.165) is 32.1 Å². The Balaban J connectivity index is 1.82. The van der Waals surface area contributed by atoms with Gasteiger partial charge in [-0.05, 0) is 85.3 Å². The molecule has 0 saturated heterocycles. The minimum Gasteiger partial charge on any atom is -0.354 e. The summed E-state index contributed by atoms with van der Waals surface area (Å²) in [6.07, 6.45) is 0.241. The van der Waals surface area contributed by atoms with Crippen molar-refractivity contribution in [2.45, 2.75) is 58.5 Å². The summed E-state index contributed by atoms with van der Waals surface area (Å²) >= 11 is 6.32. The van der Waals surface area contributed by atoms with Gasteiger partial charge in [-0.25, -0.2) is 8.42 Å². The average molecular weight is 660 g/mol. The van der Waals surface area contributed by atoms with Crippen molar-refractivity contribution in [2.24, 2.45) is 5.92 Å². The van der Waals surface area contributed by atoms with Crippen molar-refractivity contribution in [1.82, 2.24) is 10.2 Å². The zero-order chi connectivity index (χ0) is 33.4. The van der Waals surface area contributed by atoms with E-state index in [-0.39, 0.29) is 29.7 Å². The van der Waals surface area contributed by atoms with Crippen molar-refractivity contribution in [3.63, 3.8) is 0 Å². The quantitative estimate of drug-likeness (QED) is 0.170. The maximum atomic E-state index is 14.6. The fourth-order valence-corrected chi connectivity index (χ4v) is 6.67. The number of hydrogen-bond acceptors (Lipinski definition) is 4. The molecule has 0 heterocycles. The van der Waals surface area contributed by atoms with Gasteiger partial charge in [0.25, 0.3) is 10.0 Å². The van der Waals surface area contributed by atoms with Gasteiger partial charge in [0.2, 0.25) is 11.8 Å². The third-order valence-corrected chi connectivity index (χ3v) is 9.89. The summed E-state index contributed by atoms with van der Waals surface area (Å²) in [5.74, 6) is -0.639. The van der Waals surface area contributed by atoms with Crippen LogP contribution in [-0.4, -0.2) is 44.3 Å². The molecule has 0 aliphatic heterocycles. The molecule has 0 spiro atoms. The third kappa shape index (κ3) is 8.98. The molecule has 4 rings (SSSR count). The van der Waals surface area contributed by atoms with E-state index < -0.39 is 28.5 Å². The second-order valence-electron chi connectivity index (χ2n) is 12.1. The maximum Gasteiger partial charge on any atom is 0.264 e. The summed E-state index contributed by atoms with van der Waals surface area (Å²) in [6.45, 7) is 9.69. The normalized spacial score (nSPS) is 12.1. The largest absolute Gasteiger partial charge is 0.354 e. The second kappa shape index (κ2) is 15.4. The first-order valence-corrected chi connectivity index (χ1v) is 17.2. The van der Waals surface area contributed by atoms with Crippen LogP contribution in [0.15, 0.2) is 102 Å². The van der Waals surface area contributed by atoms with Gasteiger partial charge < -0.3 is 10.2 Å². The average Bonchev–Trinajstić information content (AvgIpc) is 3.02. The number of nitrogens with zero attached hydrogens (tertiary/aromatic N) is 2. The van der Waals surface area contributed by atoms with Crippen LogP contribution in [-0.2, 0) is 32.6 Å². The minimum atomic E-state index is -4.17. The number of rotatable bonds is 13. The van der Waals surface area contributed by atoms with Crippen LogP contribution in [0.5, 0.6) is 0 Å². The molecule has 0 aromatic heterocycles. The molecule has 0 saturated carbocycles. The highest BCUT2D eigenvalue weighted by Crippen LogP contribution is 2.27. The van der Waals surface area contributed by atoms with E-state index in [9.17, 15) is 18.0 Å². The van der Waals surface area contributed by atoms with Gasteiger partial charge in [-0.15, -0.1) is 0 Å². The molecule has 7 nitrogen and oxygen atoms in total. The lowest BCUT2D eigenvalue weighted by Gasteiger charge is -2.34. The first-order chi connectivity index (χ1) is 21.8. The second-order valence-corrected chi connectivity index (χ2v) is 14.4. The minimum absolute atomic E-state index is 0.0529. The van der Waals surface area contributed by atoms with Crippen molar-refractivity contribution in [3.8, 4) is 0 Å². The lowest BCUT2D eigenvalue weighted by atomic mass is 10.0. The predicted octanol–water partition coefficient (Wildman–Crippen LogP) is 6.87. The number of aryl methyl sites for hydroxylation is 3. The lowest BCUT2D eigenvalue weighted by molar-refractivity contribution is -0.140. The van der Waals surface area contributed by atoms with Gasteiger partial charge in [0.15, 0.2) is 0 Å². The molecule has 9 heteroatoms. The number of sulfonamides is 1. The van der Waals surface area contributed by atoms with Crippen LogP contribution >= 0.6 is 11.6 Å². The van der Waals surface area contributed by atoms with Crippen LogP contribution in [0.2, 0.25) is 5.02 Å². The summed E-state index contributed by atoms with van der Waals surface area (Å²) in [4.78, 5) is 30.0. The molecule has 242 valence electrons. The smallest absolute Gasteiger partial charge is 0.264 e. The zero-order valence-electron chi connectivity index (χ0n) is 27.0. The van der Waals surface area contributed by atoms with E-state index in [1.54, 1.807) is 54.6 Å². The highest BCUT2D eigenvalue weighted by molar-refractivity contribution is 7.92. The predicted molar refractivity (Wildman–Crippen MR) is 185 cm³/mol. The Hall–Kier alpha value is -4.14. The van der Waals surface area contributed by atoms with Crippen molar-refractivity contribution in [3.05, 3.63) is 130 Å². The van der Waals surface area contributed by atoms with E-state index >= 15 is 0 Å². The van der Waals surface area contributed by atoms with Gasteiger partial charge in [-0.3, -0.25) is 13.9 Å². The van der Waals surface area contributed by atoms with Gasteiger partial charge >= 0.3 is 0 Å². The first-order valence-electron chi connectivity index (χ1n) is 15.4. The molecule has 0 radical (unpaired) electrons. The molecule has 46 heavy (non-hydrogen) atoms. The molecule has 0 unspecified atom stereocenters. The van der Waals surface area contributed by atoms with E-state index in [1.807, 2.05) is 77.1 Å². The molecule has 4 aromatic carbocycles. The molecule has 1 N–H and O–H groups in total. The number of anilines is 1. The van der Waals surface area contributed by atoms with Crippen molar-refractivity contribution in [1.29, 1.82) is 0 Å². The van der Waals surface area contributed by atoms with Gasteiger partial charge in [0.05, 0.1) is 10.6 Å². The van der Waals surface area contributed by atoms with Crippen LogP contribution in [0.1, 0.15) is 41.7 Å². The number of hydrogen-bond donors (Lipinski definition) is 1. The maximum absolute atomic E-state index is 14.6. The number of nitrogens with one attached hydrogen (secondary N) is 1. The Morgan fingerprint density at radius 3 is 2.11 bits per heavy atom. The highest BCUT2D eigenvalue weighted by atomic mass is 35.5. The number of carbonyl (C=O) groups excluding carboxylic acids is 2. The van der Waals surface area contributed by atoms with Gasteiger partial charge in [-0.2, -0.15) is 0 Å². The van der Waals surface area contributed by atoms with Crippen LogP contribution < -0.4 is 9.62 Å². The summed E-state index contributed by atoms with van der Waals surface area (Å²) in [6, 6.07) is 27.5.